The first-order valence-electron chi connectivity index (χ1n) is 11.9. The number of hydrogen-bond donors (Lipinski definition) is 2. The summed E-state index contributed by atoms with van der Waals surface area (Å²) in [7, 11) is 3.58. The molecule has 35 heavy (non-hydrogen) atoms. The molecule has 6 heteroatoms. The van der Waals surface area contributed by atoms with Crippen LogP contribution in [0.15, 0.2) is 59.7 Å². The van der Waals surface area contributed by atoms with E-state index < -0.39 is 0 Å². The lowest BCUT2D eigenvalue weighted by atomic mass is 10.1. The molecule has 184 valence electrons. The fraction of sp³-hybridized carbons (Fsp3) is 0.310. The number of aryl methyl sites for hydroxylation is 3. The van der Waals surface area contributed by atoms with E-state index in [9.17, 15) is 4.79 Å². The maximum Gasteiger partial charge on any atom is 0.271 e. The molecule has 0 aliphatic heterocycles. The number of amides is 1. The quantitative estimate of drug-likeness (QED) is 0.301. The van der Waals surface area contributed by atoms with E-state index in [0.717, 1.165) is 40.0 Å². The molecule has 1 amide bonds. The van der Waals surface area contributed by atoms with E-state index in [1.54, 1.807) is 13.3 Å². The molecule has 0 bridgehead atoms. The van der Waals surface area contributed by atoms with Crippen molar-refractivity contribution in [3.8, 4) is 11.5 Å². The number of methoxy groups -OCH3 is 1. The number of nitrogens with one attached hydrogen (secondary N) is 2. The van der Waals surface area contributed by atoms with Crippen LogP contribution in [0, 0.1) is 13.8 Å². The highest BCUT2D eigenvalue weighted by Gasteiger charge is 2.13. The van der Waals surface area contributed by atoms with E-state index >= 15 is 0 Å². The third-order valence-electron chi connectivity index (χ3n) is 6.06. The number of hydrogen-bond acceptors (Lipinski definition) is 5. The zero-order valence-corrected chi connectivity index (χ0v) is 21.4. The van der Waals surface area contributed by atoms with Gasteiger partial charge in [-0.25, -0.2) is 5.43 Å². The Labute approximate surface area is 208 Å². The zero-order valence-electron chi connectivity index (χ0n) is 21.4. The Balaban J connectivity index is 1.72. The van der Waals surface area contributed by atoms with E-state index in [1.807, 2.05) is 51.2 Å². The minimum atomic E-state index is -0.239. The average Bonchev–Trinajstić information content (AvgIpc) is 2.86. The van der Waals surface area contributed by atoms with Gasteiger partial charge in [0.1, 0.15) is 6.61 Å². The summed E-state index contributed by atoms with van der Waals surface area (Å²) in [5, 5.41) is 7.40. The van der Waals surface area contributed by atoms with Crippen LogP contribution < -0.4 is 20.2 Å². The molecule has 0 spiro atoms. The Hall–Kier alpha value is -3.64. The predicted molar refractivity (Wildman–Crippen MR) is 142 cm³/mol. The van der Waals surface area contributed by atoms with Crippen LogP contribution in [0.1, 0.15) is 63.6 Å². The minimum Gasteiger partial charge on any atom is -0.493 e. The maximum absolute atomic E-state index is 12.5. The molecular weight excluding hydrogens is 438 g/mol. The summed E-state index contributed by atoms with van der Waals surface area (Å²) in [6.45, 7) is 8.55. The van der Waals surface area contributed by atoms with Crippen molar-refractivity contribution < 1.29 is 14.3 Å². The normalized spacial score (nSPS) is 11.9. The fourth-order valence-electron chi connectivity index (χ4n) is 3.85. The first-order chi connectivity index (χ1) is 16.9. The molecule has 0 aromatic heterocycles. The zero-order chi connectivity index (χ0) is 25.4. The van der Waals surface area contributed by atoms with Gasteiger partial charge in [-0.3, -0.25) is 4.79 Å². The lowest BCUT2D eigenvalue weighted by Crippen LogP contribution is -2.18. The van der Waals surface area contributed by atoms with Crippen LogP contribution in [-0.4, -0.2) is 26.3 Å². The van der Waals surface area contributed by atoms with Crippen LogP contribution >= 0.6 is 0 Å². The second-order valence-corrected chi connectivity index (χ2v) is 8.62. The second-order valence-electron chi connectivity index (χ2n) is 8.62. The number of carbonyl (C=O) groups is 1. The maximum atomic E-state index is 12.5. The summed E-state index contributed by atoms with van der Waals surface area (Å²) < 4.78 is 11.8. The number of carbonyl (C=O) groups excluding carboxylic acids is 1. The first-order valence-corrected chi connectivity index (χ1v) is 11.9. The highest BCUT2D eigenvalue weighted by Crippen LogP contribution is 2.33. The lowest BCUT2D eigenvalue weighted by Gasteiger charge is -2.16. The molecule has 0 aliphatic rings. The minimum absolute atomic E-state index is 0.239. The molecule has 0 radical (unpaired) electrons. The third-order valence-corrected chi connectivity index (χ3v) is 6.06. The van der Waals surface area contributed by atoms with Crippen molar-refractivity contribution in [2.24, 2.45) is 5.10 Å². The van der Waals surface area contributed by atoms with Gasteiger partial charge < -0.3 is 14.8 Å². The molecule has 0 fully saturated rings. The summed E-state index contributed by atoms with van der Waals surface area (Å²) in [6.07, 6.45) is 2.38. The Morgan fingerprint density at radius 3 is 2.46 bits per heavy atom. The smallest absolute Gasteiger partial charge is 0.271 e. The van der Waals surface area contributed by atoms with Gasteiger partial charge in [-0.05, 0) is 80.3 Å². The standard InChI is InChI=1S/C29H35N3O3/c1-7-24-15-23(17-31-32-29(33)26-13-8-19(2)14-20(26)3)16-27(34-6)28(24)35-18-22-9-11-25(12-10-22)21(4)30-5/h8-17,21,30H,7,18H2,1-6H3,(H,32,33)/b31-17+. The topological polar surface area (TPSA) is 72.0 Å². The highest BCUT2D eigenvalue weighted by atomic mass is 16.5. The summed E-state index contributed by atoms with van der Waals surface area (Å²) in [5.74, 6) is 1.11. The van der Waals surface area contributed by atoms with E-state index in [-0.39, 0.29) is 5.91 Å². The number of rotatable bonds is 10. The van der Waals surface area contributed by atoms with Crippen molar-refractivity contribution in [1.82, 2.24) is 10.7 Å². The molecule has 0 heterocycles. The molecule has 3 aromatic rings. The van der Waals surface area contributed by atoms with Gasteiger partial charge in [0.05, 0.1) is 13.3 Å². The molecular formula is C29H35N3O3. The van der Waals surface area contributed by atoms with E-state index in [4.69, 9.17) is 9.47 Å². The molecule has 1 unspecified atom stereocenters. The van der Waals surface area contributed by atoms with Crippen molar-refractivity contribution in [3.63, 3.8) is 0 Å². The van der Waals surface area contributed by atoms with Gasteiger partial charge >= 0.3 is 0 Å². The monoisotopic (exact) mass is 473 g/mol. The number of benzene rings is 3. The second kappa shape index (κ2) is 12.2. The average molecular weight is 474 g/mol. The first kappa shape index (κ1) is 26.0. The summed E-state index contributed by atoms with van der Waals surface area (Å²) in [6, 6.07) is 18.3. The van der Waals surface area contributed by atoms with Crippen LogP contribution in [0.2, 0.25) is 0 Å². The lowest BCUT2D eigenvalue weighted by molar-refractivity contribution is 0.0954. The van der Waals surface area contributed by atoms with Gasteiger partial charge in [0.2, 0.25) is 0 Å². The van der Waals surface area contributed by atoms with Gasteiger partial charge in [0.15, 0.2) is 11.5 Å². The van der Waals surface area contributed by atoms with Crippen molar-refractivity contribution in [3.05, 3.63) is 93.5 Å². The van der Waals surface area contributed by atoms with Gasteiger partial charge in [-0.1, -0.05) is 48.9 Å². The van der Waals surface area contributed by atoms with Crippen molar-refractivity contribution in [2.45, 2.75) is 46.8 Å². The van der Waals surface area contributed by atoms with Crippen LogP contribution in [0.5, 0.6) is 11.5 Å². The van der Waals surface area contributed by atoms with E-state index in [2.05, 4.69) is 54.0 Å². The molecule has 1 atom stereocenters. The molecule has 3 rings (SSSR count). The SMILES string of the molecule is CCc1cc(/C=N/NC(=O)c2ccc(C)cc2C)cc(OC)c1OCc1ccc(C(C)NC)cc1. The Morgan fingerprint density at radius 2 is 1.83 bits per heavy atom. The van der Waals surface area contributed by atoms with Gasteiger partial charge in [-0.15, -0.1) is 0 Å². The van der Waals surface area contributed by atoms with Crippen LogP contribution in [-0.2, 0) is 13.0 Å². The Kier molecular flexibility index (Phi) is 9.04. The molecule has 0 saturated carbocycles. The molecule has 6 nitrogen and oxygen atoms in total. The summed E-state index contributed by atoms with van der Waals surface area (Å²) >= 11 is 0. The van der Waals surface area contributed by atoms with E-state index in [0.29, 0.717) is 24.0 Å². The van der Waals surface area contributed by atoms with Crippen molar-refractivity contribution in [2.75, 3.05) is 14.2 Å². The summed E-state index contributed by atoms with van der Waals surface area (Å²) in [4.78, 5) is 12.5. The van der Waals surface area contributed by atoms with Crippen LogP contribution in [0.3, 0.4) is 0 Å². The Bertz CT molecular complexity index is 1160. The molecule has 2 N–H and O–H groups in total. The fourth-order valence-corrected chi connectivity index (χ4v) is 3.85. The van der Waals surface area contributed by atoms with Crippen LogP contribution in [0.25, 0.3) is 0 Å². The van der Waals surface area contributed by atoms with Crippen molar-refractivity contribution >= 4 is 12.1 Å². The molecule has 0 aliphatic carbocycles. The number of nitrogens with zero attached hydrogens (tertiary/aromatic N) is 1. The van der Waals surface area contributed by atoms with Crippen molar-refractivity contribution in [1.29, 1.82) is 0 Å². The van der Waals surface area contributed by atoms with E-state index in [1.165, 1.54) is 5.56 Å². The third kappa shape index (κ3) is 6.70. The largest absolute Gasteiger partial charge is 0.493 e. The number of ether oxygens (including phenoxy) is 2. The van der Waals surface area contributed by atoms with Gasteiger partial charge in [0, 0.05) is 11.6 Å². The van der Waals surface area contributed by atoms with Crippen LogP contribution in [0.4, 0.5) is 0 Å². The Morgan fingerprint density at radius 1 is 1.09 bits per heavy atom. The number of hydrazone groups is 1. The summed E-state index contributed by atoms with van der Waals surface area (Å²) in [5.41, 5.74) is 9.40. The molecule has 0 saturated heterocycles. The van der Waals surface area contributed by atoms with Gasteiger partial charge in [0.25, 0.3) is 5.91 Å². The van der Waals surface area contributed by atoms with Gasteiger partial charge in [-0.2, -0.15) is 5.10 Å². The highest BCUT2D eigenvalue weighted by molar-refractivity contribution is 5.96. The predicted octanol–water partition coefficient (Wildman–Crippen LogP) is 5.50. The molecule has 3 aromatic carbocycles.